The molecule has 0 bridgehead atoms. The molecule has 0 saturated carbocycles. The van der Waals surface area contributed by atoms with Crippen LogP contribution in [-0.4, -0.2) is 22.9 Å². The highest BCUT2D eigenvalue weighted by Crippen LogP contribution is 2.17. The third-order valence-electron chi connectivity index (χ3n) is 3.26. The van der Waals surface area contributed by atoms with Crippen molar-refractivity contribution in [3.8, 4) is 0 Å². The van der Waals surface area contributed by atoms with E-state index in [-0.39, 0.29) is 0 Å². The molecule has 1 heterocycles. The number of rotatable bonds is 8. The molecule has 3 nitrogen and oxygen atoms in total. The number of nitrogens with zero attached hydrogens (tertiary/aromatic N) is 2. The van der Waals surface area contributed by atoms with Crippen LogP contribution >= 0.6 is 0 Å². The summed E-state index contributed by atoms with van der Waals surface area (Å²) < 4.78 is 2.03. The van der Waals surface area contributed by atoms with Crippen molar-refractivity contribution in [2.45, 2.75) is 47.0 Å². The average molecular weight is 251 g/mol. The summed E-state index contributed by atoms with van der Waals surface area (Å²) >= 11 is 0. The molecule has 1 N–H and O–H groups in total. The molecule has 0 aliphatic rings. The highest BCUT2D eigenvalue weighted by atomic mass is 15.3. The molecular weight excluding hydrogens is 222 g/mol. The first kappa shape index (κ1) is 15.2. The largest absolute Gasteiger partial charge is 0.316 e. The van der Waals surface area contributed by atoms with Crippen molar-refractivity contribution in [1.82, 2.24) is 15.1 Å². The molecule has 3 heteroatoms. The number of nitrogens with one attached hydrogen (secondary N) is 1. The van der Waals surface area contributed by atoms with Gasteiger partial charge in [-0.05, 0) is 57.2 Å². The summed E-state index contributed by atoms with van der Waals surface area (Å²) in [5.74, 6) is 1.47. The van der Waals surface area contributed by atoms with Crippen molar-refractivity contribution in [3.63, 3.8) is 0 Å². The van der Waals surface area contributed by atoms with Gasteiger partial charge in [-0.3, -0.25) is 4.68 Å². The summed E-state index contributed by atoms with van der Waals surface area (Å²) in [6, 6.07) is 2.22. The Morgan fingerprint density at radius 1 is 1.39 bits per heavy atom. The van der Waals surface area contributed by atoms with Gasteiger partial charge in [-0.2, -0.15) is 5.10 Å². The lowest BCUT2D eigenvalue weighted by molar-refractivity contribution is 0.378. The van der Waals surface area contributed by atoms with Crippen LogP contribution in [0.2, 0.25) is 0 Å². The van der Waals surface area contributed by atoms with Crippen molar-refractivity contribution in [3.05, 3.63) is 17.5 Å². The van der Waals surface area contributed by atoms with E-state index in [1.54, 1.807) is 0 Å². The maximum Gasteiger partial charge on any atom is 0.0596 e. The number of hydrogen-bond donors (Lipinski definition) is 1. The number of hydrogen-bond acceptors (Lipinski definition) is 2. The maximum absolute atomic E-state index is 4.44. The number of aryl methyl sites for hydroxylation is 2. The Morgan fingerprint density at radius 2 is 2.11 bits per heavy atom. The normalized spacial score (nSPS) is 13.2. The van der Waals surface area contributed by atoms with Crippen LogP contribution in [0.25, 0.3) is 0 Å². The van der Waals surface area contributed by atoms with Crippen LogP contribution < -0.4 is 5.32 Å². The Morgan fingerprint density at radius 3 is 2.61 bits per heavy atom. The molecule has 18 heavy (non-hydrogen) atoms. The van der Waals surface area contributed by atoms with Crippen LogP contribution in [0, 0.1) is 18.8 Å². The monoisotopic (exact) mass is 251 g/mol. The van der Waals surface area contributed by atoms with Crippen LogP contribution in [0.15, 0.2) is 6.07 Å². The molecule has 0 amide bonds. The minimum atomic E-state index is 0.714. The van der Waals surface area contributed by atoms with Gasteiger partial charge in [0.2, 0.25) is 0 Å². The van der Waals surface area contributed by atoms with Crippen molar-refractivity contribution < 1.29 is 0 Å². The quantitative estimate of drug-likeness (QED) is 0.720. The van der Waals surface area contributed by atoms with Crippen LogP contribution in [0.1, 0.15) is 45.0 Å². The zero-order valence-corrected chi connectivity index (χ0v) is 12.7. The van der Waals surface area contributed by atoms with Gasteiger partial charge < -0.3 is 5.32 Å². The zero-order valence-electron chi connectivity index (χ0n) is 12.7. The van der Waals surface area contributed by atoms with Gasteiger partial charge in [0, 0.05) is 12.7 Å². The first-order valence-corrected chi connectivity index (χ1v) is 7.23. The SMILES string of the molecule is CCCNCC(Cc1cc(C)nn1C)CC(C)C. The predicted octanol–water partition coefficient (Wildman–Crippen LogP) is 2.93. The van der Waals surface area contributed by atoms with Crippen LogP contribution in [0.3, 0.4) is 0 Å². The van der Waals surface area contributed by atoms with Gasteiger partial charge >= 0.3 is 0 Å². The summed E-state index contributed by atoms with van der Waals surface area (Å²) in [6.45, 7) is 11.1. The predicted molar refractivity (Wildman–Crippen MR) is 77.8 cm³/mol. The molecule has 1 unspecified atom stereocenters. The first-order valence-electron chi connectivity index (χ1n) is 7.23. The van der Waals surface area contributed by atoms with Gasteiger partial charge in [0.05, 0.1) is 5.69 Å². The summed E-state index contributed by atoms with van der Waals surface area (Å²) in [5.41, 5.74) is 2.48. The van der Waals surface area contributed by atoms with Crippen molar-refractivity contribution >= 4 is 0 Å². The van der Waals surface area contributed by atoms with E-state index >= 15 is 0 Å². The van der Waals surface area contributed by atoms with Crippen molar-refractivity contribution in [1.29, 1.82) is 0 Å². The molecular formula is C15H29N3. The molecule has 0 radical (unpaired) electrons. The Labute approximate surface area is 112 Å². The van der Waals surface area contributed by atoms with Gasteiger partial charge in [-0.25, -0.2) is 0 Å². The Balaban J connectivity index is 2.56. The summed E-state index contributed by atoms with van der Waals surface area (Å²) in [5, 5.41) is 7.99. The lowest BCUT2D eigenvalue weighted by atomic mass is 9.92. The molecule has 1 aromatic rings. The second-order valence-electron chi connectivity index (χ2n) is 5.80. The molecule has 0 aromatic carbocycles. The lowest BCUT2D eigenvalue weighted by Gasteiger charge is -2.19. The topological polar surface area (TPSA) is 29.9 Å². The molecule has 1 atom stereocenters. The van der Waals surface area contributed by atoms with Gasteiger partial charge in [-0.1, -0.05) is 20.8 Å². The third-order valence-corrected chi connectivity index (χ3v) is 3.26. The Bertz CT molecular complexity index is 342. The zero-order chi connectivity index (χ0) is 13.5. The van der Waals surface area contributed by atoms with Gasteiger partial charge in [0.25, 0.3) is 0 Å². The molecule has 1 aromatic heterocycles. The van der Waals surface area contributed by atoms with Crippen molar-refractivity contribution in [2.75, 3.05) is 13.1 Å². The van der Waals surface area contributed by atoms with E-state index in [0.29, 0.717) is 5.92 Å². The van der Waals surface area contributed by atoms with E-state index < -0.39 is 0 Å². The fourth-order valence-electron chi connectivity index (χ4n) is 2.54. The summed E-state index contributed by atoms with van der Waals surface area (Å²) in [4.78, 5) is 0. The fourth-order valence-corrected chi connectivity index (χ4v) is 2.54. The Hall–Kier alpha value is -0.830. The van der Waals surface area contributed by atoms with E-state index in [1.807, 2.05) is 11.7 Å². The van der Waals surface area contributed by atoms with Crippen LogP contribution in [-0.2, 0) is 13.5 Å². The molecule has 104 valence electrons. The second-order valence-corrected chi connectivity index (χ2v) is 5.80. The van der Waals surface area contributed by atoms with Crippen LogP contribution in [0.5, 0.6) is 0 Å². The van der Waals surface area contributed by atoms with E-state index in [9.17, 15) is 0 Å². The second kappa shape index (κ2) is 7.57. The molecule has 0 aliphatic carbocycles. The van der Waals surface area contributed by atoms with Gasteiger partial charge in [0.1, 0.15) is 0 Å². The van der Waals surface area contributed by atoms with E-state index in [2.05, 4.69) is 44.2 Å². The Kier molecular flexibility index (Phi) is 6.41. The van der Waals surface area contributed by atoms with E-state index in [4.69, 9.17) is 0 Å². The molecule has 0 aliphatic heterocycles. The average Bonchev–Trinajstić information content (AvgIpc) is 2.56. The summed E-state index contributed by atoms with van der Waals surface area (Å²) in [7, 11) is 2.05. The maximum atomic E-state index is 4.44. The van der Waals surface area contributed by atoms with Gasteiger partial charge in [-0.15, -0.1) is 0 Å². The molecule has 0 spiro atoms. The van der Waals surface area contributed by atoms with Gasteiger partial charge in [0.15, 0.2) is 0 Å². The van der Waals surface area contributed by atoms with E-state index in [0.717, 1.165) is 31.1 Å². The highest BCUT2D eigenvalue weighted by Gasteiger charge is 2.14. The minimum Gasteiger partial charge on any atom is -0.316 e. The van der Waals surface area contributed by atoms with E-state index in [1.165, 1.54) is 18.5 Å². The number of aromatic nitrogens is 2. The van der Waals surface area contributed by atoms with Crippen LogP contribution in [0.4, 0.5) is 0 Å². The molecule has 1 rings (SSSR count). The molecule has 0 fully saturated rings. The molecule has 0 saturated heterocycles. The lowest BCUT2D eigenvalue weighted by Crippen LogP contribution is -2.26. The fraction of sp³-hybridized carbons (Fsp3) is 0.800. The standard InChI is InChI=1S/C15H29N3/c1-6-7-16-11-14(8-12(2)3)10-15-9-13(4)17-18(15)5/h9,12,14,16H,6-8,10-11H2,1-5H3. The first-order chi connectivity index (χ1) is 8.52. The smallest absolute Gasteiger partial charge is 0.0596 e. The minimum absolute atomic E-state index is 0.714. The summed E-state index contributed by atoms with van der Waals surface area (Å²) in [6.07, 6.45) is 3.62. The third kappa shape index (κ3) is 5.21. The highest BCUT2D eigenvalue weighted by molar-refractivity contribution is 5.09. The van der Waals surface area contributed by atoms with Crippen molar-refractivity contribution in [2.24, 2.45) is 18.9 Å².